The zero-order valence-electron chi connectivity index (χ0n) is 6.64. The number of likely N-dealkylation sites (N-methyl/N-ethyl adjacent to an activating group) is 1. The molecule has 2 heteroatoms. The molecular formula is C8H16N2. The molecule has 2 rings (SSSR count). The average molecular weight is 140 g/mol. The molecule has 1 saturated heterocycles. The largest absolute Gasteiger partial charge is 0.313 e. The first-order valence-corrected chi connectivity index (χ1v) is 4.30. The van der Waals surface area contributed by atoms with E-state index in [2.05, 4.69) is 17.3 Å². The second-order valence-electron chi connectivity index (χ2n) is 3.61. The van der Waals surface area contributed by atoms with Crippen molar-refractivity contribution in [2.24, 2.45) is 0 Å². The number of hydrogen-bond donors (Lipinski definition) is 1. The van der Waals surface area contributed by atoms with Gasteiger partial charge < -0.3 is 10.2 Å². The highest BCUT2D eigenvalue weighted by Gasteiger charge is 2.28. The van der Waals surface area contributed by atoms with E-state index in [1.165, 1.54) is 32.4 Å². The number of nitrogens with one attached hydrogen (secondary N) is 1. The molecule has 2 nitrogen and oxygen atoms in total. The molecule has 10 heavy (non-hydrogen) atoms. The summed E-state index contributed by atoms with van der Waals surface area (Å²) in [6.45, 7) is 2.51. The summed E-state index contributed by atoms with van der Waals surface area (Å²) in [6, 6.07) is 1.74. The lowest BCUT2D eigenvalue weighted by molar-refractivity contribution is 0.235. The van der Waals surface area contributed by atoms with Crippen LogP contribution in [0.4, 0.5) is 0 Å². The maximum atomic E-state index is 3.42. The second-order valence-corrected chi connectivity index (χ2v) is 3.61. The third-order valence-electron chi connectivity index (χ3n) is 2.60. The van der Waals surface area contributed by atoms with E-state index in [1.807, 2.05) is 0 Å². The lowest BCUT2D eigenvalue weighted by Crippen LogP contribution is -2.49. The molecule has 0 amide bonds. The van der Waals surface area contributed by atoms with E-state index in [1.54, 1.807) is 0 Å². The molecule has 1 saturated carbocycles. The third-order valence-corrected chi connectivity index (χ3v) is 2.60. The van der Waals surface area contributed by atoms with E-state index in [0.29, 0.717) is 0 Å². The van der Waals surface area contributed by atoms with Gasteiger partial charge in [-0.2, -0.15) is 0 Å². The van der Waals surface area contributed by atoms with Crippen molar-refractivity contribution in [1.82, 2.24) is 10.2 Å². The minimum absolute atomic E-state index is 0.811. The van der Waals surface area contributed by atoms with Gasteiger partial charge in [0.05, 0.1) is 0 Å². The van der Waals surface area contributed by atoms with Crippen LogP contribution in [0.25, 0.3) is 0 Å². The molecule has 1 aliphatic carbocycles. The van der Waals surface area contributed by atoms with Crippen molar-refractivity contribution < 1.29 is 0 Å². The highest BCUT2D eigenvalue weighted by atomic mass is 15.2. The van der Waals surface area contributed by atoms with Crippen LogP contribution in [0.3, 0.4) is 0 Å². The van der Waals surface area contributed by atoms with Gasteiger partial charge in [0.25, 0.3) is 0 Å². The molecule has 0 bridgehead atoms. The van der Waals surface area contributed by atoms with Gasteiger partial charge in [-0.3, -0.25) is 0 Å². The Hall–Kier alpha value is -0.0800. The fourth-order valence-electron chi connectivity index (χ4n) is 1.52. The Balaban J connectivity index is 1.67. The normalized spacial score (nSPS) is 32.4. The van der Waals surface area contributed by atoms with Crippen LogP contribution in [-0.2, 0) is 0 Å². The molecule has 2 aliphatic rings. The summed E-state index contributed by atoms with van der Waals surface area (Å²) >= 11 is 0. The van der Waals surface area contributed by atoms with E-state index in [4.69, 9.17) is 0 Å². The molecule has 0 aromatic carbocycles. The van der Waals surface area contributed by atoms with E-state index >= 15 is 0 Å². The van der Waals surface area contributed by atoms with Crippen molar-refractivity contribution in [2.75, 3.05) is 20.1 Å². The Kier molecular flexibility index (Phi) is 1.66. The quantitative estimate of drug-likeness (QED) is 0.612. The Morgan fingerprint density at radius 3 is 2.50 bits per heavy atom. The molecular weight excluding hydrogens is 124 g/mol. The minimum Gasteiger partial charge on any atom is -0.313 e. The summed E-state index contributed by atoms with van der Waals surface area (Å²) in [5.41, 5.74) is 0. The first-order chi connectivity index (χ1) is 4.86. The summed E-state index contributed by atoms with van der Waals surface area (Å²) in [5.74, 6) is 0. The topological polar surface area (TPSA) is 15.3 Å². The van der Waals surface area contributed by atoms with E-state index < -0.39 is 0 Å². The van der Waals surface area contributed by atoms with Crippen molar-refractivity contribution in [3.05, 3.63) is 0 Å². The van der Waals surface area contributed by atoms with Crippen LogP contribution in [0.2, 0.25) is 0 Å². The third kappa shape index (κ3) is 1.32. The van der Waals surface area contributed by atoms with Crippen LogP contribution in [0.15, 0.2) is 0 Å². The Labute approximate surface area is 62.6 Å². The standard InChI is InChI=1S/C8H16N2/c1-10(8-2-3-8)6-7-4-5-9-7/h7-9H,2-6H2,1H3. The first-order valence-electron chi connectivity index (χ1n) is 4.30. The summed E-state index contributed by atoms with van der Waals surface area (Å²) in [7, 11) is 2.25. The Morgan fingerprint density at radius 1 is 1.40 bits per heavy atom. The summed E-state index contributed by atoms with van der Waals surface area (Å²) in [5, 5.41) is 3.42. The predicted octanol–water partition coefficient (Wildman–Crippen LogP) is 0.442. The van der Waals surface area contributed by atoms with Crippen LogP contribution in [-0.4, -0.2) is 37.1 Å². The maximum absolute atomic E-state index is 3.42. The van der Waals surface area contributed by atoms with Gasteiger partial charge in [-0.1, -0.05) is 0 Å². The highest BCUT2D eigenvalue weighted by Crippen LogP contribution is 2.25. The van der Waals surface area contributed by atoms with Crippen molar-refractivity contribution in [3.63, 3.8) is 0 Å². The molecule has 1 heterocycles. The summed E-state index contributed by atoms with van der Waals surface area (Å²) in [4.78, 5) is 2.50. The van der Waals surface area contributed by atoms with Gasteiger partial charge in [0.15, 0.2) is 0 Å². The number of hydrogen-bond acceptors (Lipinski definition) is 2. The van der Waals surface area contributed by atoms with Crippen LogP contribution in [0.5, 0.6) is 0 Å². The monoisotopic (exact) mass is 140 g/mol. The van der Waals surface area contributed by atoms with Crippen LogP contribution >= 0.6 is 0 Å². The zero-order chi connectivity index (χ0) is 6.97. The van der Waals surface area contributed by atoms with E-state index in [9.17, 15) is 0 Å². The van der Waals surface area contributed by atoms with E-state index in [0.717, 1.165) is 12.1 Å². The zero-order valence-corrected chi connectivity index (χ0v) is 6.64. The Morgan fingerprint density at radius 2 is 2.10 bits per heavy atom. The molecule has 0 aromatic rings. The predicted molar refractivity (Wildman–Crippen MR) is 42.1 cm³/mol. The molecule has 0 spiro atoms. The molecule has 1 atom stereocenters. The minimum atomic E-state index is 0.811. The van der Waals surface area contributed by atoms with Gasteiger partial charge in [0.2, 0.25) is 0 Å². The molecule has 1 aliphatic heterocycles. The average Bonchev–Trinajstić information content (AvgIpc) is 2.58. The van der Waals surface area contributed by atoms with Crippen LogP contribution in [0, 0.1) is 0 Å². The van der Waals surface area contributed by atoms with Crippen molar-refractivity contribution in [3.8, 4) is 0 Å². The Bertz CT molecular complexity index is 116. The molecule has 0 aromatic heterocycles. The summed E-state index contributed by atoms with van der Waals surface area (Å²) < 4.78 is 0. The van der Waals surface area contributed by atoms with Crippen LogP contribution in [0.1, 0.15) is 19.3 Å². The first kappa shape index (κ1) is 6.62. The number of rotatable bonds is 3. The fraction of sp³-hybridized carbons (Fsp3) is 1.00. The molecule has 1 unspecified atom stereocenters. The number of nitrogens with zero attached hydrogens (tertiary/aromatic N) is 1. The van der Waals surface area contributed by atoms with Crippen molar-refractivity contribution in [1.29, 1.82) is 0 Å². The smallest absolute Gasteiger partial charge is 0.0207 e. The lowest BCUT2D eigenvalue weighted by Gasteiger charge is -2.31. The van der Waals surface area contributed by atoms with Gasteiger partial charge in [-0.15, -0.1) is 0 Å². The van der Waals surface area contributed by atoms with Crippen LogP contribution < -0.4 is 5.32 Å². The molecule has 58 valence electrons. The van der Waals surface area contributed by atoms with Gasteiger partial charge >= 0.3 is 0 Å². The molecule has 2 fully saturated rings. The highest BCUT2D eigenvalue weighted by molar-refractivity contribution is 4.87. The maximum Gasteiger partial charge on any atom is 0.0207 e. The lowest BCUT2D eigenvalue weighted by atomic mass is 10.1. The van der Waals surface area contributed by atoms with Gasteiger partial charge in [-0.25, -0.2) is 0 Å². The van der Waals surface area contributed by atoms with Gasteiger partial charge in [0.1, 0.15) is 0 Å². The van der Waals surface area contributed by atoms with Crippen molar-refractivity contribution in [2.45, 2.75) is 31.3 Å². The molecule has 1 N–H and O–H groups in total. The van der Waals surface area contributed by atoms with Gasteiger partial charge in [-0.05, 0) is 32.9 Å². The van der Waals surface area contributed by atoms with Crippen molar-refractivity contribution >= 4 is 0 Å². The second kappa shape index (κ2) is 2.51. The fourth-order valence-corrected chi connectivity index (χ4v) is 1.52. The molecule has 0 radical (unpaired) electrons. The van der Waals surface area contributed by atoms with Gasteiger partial charge in [0, 0.05) is 18.6 Å². The summed E-state index contributed by atoms with van der Waals surface area (Å²) in [6.07, 6.45) is 4.25. The SMILES string of the molecule is CN(CC1CCN1)C1CC1. The van der Waals surface area contributed by atoms with E-state index in [-0.39, 0.29) is 0 Å².